The quantitative estimate of drug-likeness (QED) is 0.514. The van der Waals surface area contributed by atoms with Crippen LogP contribution in [0.3, 0.4) is 0 Å². The first kappa shape index (κ1) is 13.8. The van der Waals surface area contributed by atoms with Crippen LogP contribution in [-0.4, -0.2) is 22.0 Å². The van der Waals surface area contributed by atoms with Gasteiger partial charge in [-0.25, -0.2) is 5.43 Å². The second kappa shape index (κ2) is 5.98. The molecular formula is C12H9ClN4O3. The summed E-state index contributed by atoms with van der Waals surface area (Å²) in [6.07, 6.45) is 2.85. The zero-order valence-electron chi connectivity index (χ0n) is 10.0. The Balaban J connectivity index is 2.09. The molecule has 7 nitrogen and oxygen atoms in total. The van der Waals surface area contributed by atoms with E-state index in [2.05, 4.69) is 15.5 Å². The van der Waals surface area contributed by atoms with Crippen molar-refractivity contribution in [2.75, 3.05) is 0 Å². The topological polar surface area (TPSA) is 100 Å². The van der Waals surface area contributed by atoms with Gasteiger partial charge in [0.2, 0.25) is 0 Å². The Labute approximate surface area is 118 Å². The number of amides is 1. The first-order valence-corrected chi connectivity index (χ1v) is 5.86. The van der Waals surface area contributed by atoms with E-state index in [-0.39, 0.29) is 5.69 Å². The number of nitro benzene ring substituents is 1. The number of aromatic amines is 1. The van der Waals surface area contributed by atoms with Gasteiger partial charge in [0.25, 0.3) is 11.6 Å². The van der Waals surface area contributed by atoms with Gasteiger partial charge in [-0.1, -0.05) is 11.6 Å². The molecule has 0 radical (unpaired) electrons. The van der Waals surface area contributed by atoms with Crippen LogP contribution in [0.2, 0.25) is 5.02 Å². The molecule has 0 unspecified atom stereocenters. The molecule has 0 saturated heterocycles. The minimum atomic E-state index is -0.537. The lowest BCUT2D eigenvalue weighted by atomic mass is 10.2. The zero-order valence-corrected chi connectivity index (χ0v) is 10.8. The fourth-order valence-electron chi connectivity index (χ4n) is 1.44. The van der Waals surface area contributed by atoms with Crippen LogP contribution in [0.4, 0.5) is 5.69 Å². The minimum Gasteiger partial charge on any atom is -0.357 e. The van der Waals surface area contributed by atoms with Crippen molar-refractivity contribution in [1.29, 1.82) is 0 Å². The molecule has 1 heterocycles. The third-order valence-corrected chi connectivity index (χ3v) is 2.75. The van der Waals surface area contributed by atoms with Gasteiger partial charge in [0.1, 0.15) is 5.69 Å². The van der Waals surface area contributed by atoms with Crippen molar-refractivity contribution in [3.63, 3.8) is 0 Å². The number of benzene rings is 1. The van der Waals surface area contributed by atoms with Crippen LogP contribution in [0.25, 0.3) is 0 Å². The number of hydrazone groups is 1. The summed E-state index contributed by atoms with van der Waals surface area (Å²) in [6, 6.07) is 7.22. The molecule has 2 N–H and O–H groups in total. The standard InChI is InChI=1S/C12H9ClN4O3/c13-10-4-3-9(17(19)20)6-8(10)7-15-16-12(18)11-2-1-5-14-11/h1-7,14H,(H,16,18)/b15-7-. The molecule has 0 aliphatic carbocycles. The highest BCUT2D eigenvalue weighted by molar-refractivity contribution is 6.33. The van der Waals surface area contributed by atoms with Gasteiger partial charge in [-0.05, 0) is 18.2 Å². The number of carbonyl (C=O) groups excluding carboxylic acids is 1. The molecule has 1 aromatic carbocycles. The van der Waals surface area contributed by atoms with Crippen LogP contribution in [0.5, 0.6) is 0 Å². The van der Waals surface area contributed by atoms with Crippen molar-refractivity contribution in [2.45, 2.75) is 0 Å². The fourth-order valence-corrected chi connectivity index (χ4v) is 1.60. The molecule has 1 amide bonds. The van der Waals surface area contributed by atoms with Gasteiger partial charge < -0.3 is 4.98 Å². The average molecular weight is 293 g/mol. The van der Waals surface area contributed by atoms with Crippen molar-refractivity contribution in [3.8, 4) is 0 Å². The van der Waals surface area contributed by atoms with Crippen LogP contribution >= 0.6 is 11.6 Å². The van der Waals surface area contributed by atoms with E-state index in [9.17, 15) is 14.9 Å². The van der Waals surface area contributed by atoms with Gasteiger partial charge in [0.15, 0.2) is 0 Å². The second-order valence-electron chi connectivity index (χ2n) is 3.75. The summed E-state index contributed by atoms with van der Waals surface area (Å²) < 4.78 is 0. The van der Waals surface area contributed by atoms with E-state index in [1.165, 1.54) is 24.4 Å². The molecule has 20 heavy (non-hydrogen) atoms. The van der Waals surface area contributed by atoms with Gasteiger partial charge in [0.05, 0.1) is 11.1 Å². The number of rotatable bonds is 4. The van der Waals surface area contributed by atoms with E-state index in [4.69, 9.17) is 11.6 Å². The number of carbonyl (C=O) groups is 1. The molecule has 1 aromatic heterocycles. The first-order chi connectivity index (χ1) is 9.58. The molecular weight excluding hydrogens is 284 g/mol. The number of H-pyrrole nitrogens is 1. The highest BCUT2D eigenvalue weighted by Crippen LogP contribution is 2.20. The molecule has 8 heteroatoms. The lowest BCUT2D eigenvalue weighted by Gasteiger charge is -1.99. The highest BCUT2D eigenvalue weighted by atomic mass is 35.5. The Hall–Kier alpha value is -2.67. The van der Waals surface area contributed by atoms with Crippen LogP contribution in [0, 0.1) is 10.1 Å². The molecule has 2 rings (SSSR count). The van der Waals surface area contributed by atoms with Crippen LogP contribution in [-0.2, 0) is 0 Å². The second-order valence-corrected chi connectivity index (χ2v) is 4.15. The molecule has 0 saturated carbocycles. The van der Waals surface area contributed by atoms with Crippen molar-refractivity contribution >= 4 is 29.4 Å². The largest absolute Gasteiger partial charge is 0.357 e. The number of nitrogens with one attached hydrogen (secondary N) is 2. The summed E-state index contributed by atoms with van der Waals surface area (Å²) in [7, 11) is 0. The maximum Gasteiger partial charge on any atom is 0.287 e. The smallest absolute Gasteiger partial charge is 0.287 e. The van der Waals surface area contributed by atoms with Crippen LogP contribution in [0.15, 0.2) is 41.6 Å². The Morgan fingerprint density at radius 3 is 2.90 bits per heavy atom. The highest BCUT2D eigenvalue weighted by Gasteiger charge is 2.08. The van der Waals surface area contributed by atoms with Gasteiger partial charge in [0, 0.05) is 28.9 Å². The lowest BCUT2D eigenvalue weighted by molar-refractivity contribution is -0.384. The van der Waals surface area contributed by atoms with E-state index in [0.29, 0.717) is 16.3 Å². The summed E-state index contributed by atoms with van der Waals surface area (Å²) in [5.41, 5.74) is 2.87. The number of non-ortho nitro benzene ring substituents is 1. The Bertz CT molecular complexity index is 667. The maximum atomic E-state index is 11.6. The van der Waals surface area contributed by atoms with Crippen molar-refractivity contribution in [3.05, 3.63) is 62.9 Å². The van der Waals surface area contributed by atoms with E-state index < -0.39 is 10.8 Å². The lowest BCUT2D eigenvalue weighted by Crippen LogP contribution is -2.17. The normalized spacial score (nSPS) is 10.7. The van der Waals surface area contributed by atoms with Crippen LogP contribution in [0.1, 0.15) is 16.1 Å². The van der Waals surface area contributed by atoms with E-state index >= 15 is 0 Å². The van der Waals surface area contributed by atoms with Gasteiger partial charge in [-0.2, -0.15) is 5.10 Å². The van der Waals surface area contributed by atoms with Crippen molar-refractivity contribution < 1.29 is 9.72 Å². The summed E-state index contributed by atoms with van der Waals surface area (Å²) in [5.74, 6) is -0.423. The number of nitrogens with zero attached hydrogens (tertiary/aromatic N) is 2. The number of hydrogen-bond acceptors (Lipinski definition) is 4. The molecule has 0 fully saturated rings. The molecule has 102 valence electrons. The Morgan fingerprint density at radius 2 is 2.25 bits per heavy atom. The predicted molar refractivity (Wildman–Crippen MR) is 74.0 cm³/mol. The average Bonchev–Trinajstić information content (AvgIpc) is 2.94. The number of nitro groups is 1. The Morgan fingerprint density at radius 1 is 1.45 bits per heavy atom. The summed E-state index contributed by atoms with van der Waals surface area (Å²) >= 11 is 5.88. The monoisotopic (exact) mass is 292 g/mol. The molecule has 0 atom stereocenters. The summed E-state index contributed by atoms with van der Waals surface area (Å²) in [5, 5.41) is 14.7. The van der Waals surface area contributed by atoms with Gasteiger partial charge in [-0.15, -0.1) is 0 Å². The van der Waals surface area contributed by atoms with E-state index in [0.717, 1.165) is 0 Å². The fraction of sp³-hybridized carbons (Fsp3) is 0. The maximum absolute atomic E-state index is 11.6. The molecule has 2 aromatic rings. The van der Waals surface area contributed by atoms with E-state index in [1.807, 2.05) is 0 Å². The third-order valence-electron chi connectivity index (χ3n) is 2.40. The third kappa shape index (κ3) is 3.21. The molecule has 0 bridgehead atoms. The van der Waals surface area contributed by atoms with Crippen LogP contribution < -0.4 is 5.43 Å². The molecule has 0 aliphatic heterocycles. The molecule has 0 aliphatic rings. The Kier molecular flexibility index (Phi) is 4.11. The number of hydrogen-bond donors (Lipinski definition) is 2. The molecule has 0 spiro atoms. The SMILES string of the molecule is O=C(N/N=C\c1cc([N+](=O)[O-])ccc1Cl)c1ccc[nH]1. The summed E-state index contributed by atoms with van der Waals surface area (Å²) in [4.78, 5) is 24.4. The first-order valence-electron chi connectivity index (χ1n) is 5.48. The van der Waals surface area contributed by atoms with Crippen molar-refractivity contribution in [1.82, 2.24) is 10.4 Å². The van der Waals surface area contributed by atoms with Gasteiger partial charge in [-0.3, -0.25) is 14.9 Å². The number of halogens is 1. The predicted octanol–water partition coefficient (Wildman–Crippen LogP) is 2.34. The minimum absolute atomic E-state index is 0.105. The van der Waals surface area contributed by atoms with Crippen molar-refractivity contribution in [2.24, 2.45) is 5.10 Å². The number of aromatic nitrogens is 1. The van der Waals surface area contributed by atoms with E-state index in [1.54, 1.807) is 18.3 Å². The summed E-state index contributed by atoms with van der Waals surface area (Å²) in [6.45, 7) is 0. The zero-order chi connectivity index (χ0) is 14.5. The van der Waals surface area contributed by atoms with Gasteiger partial charge >= 0.3 is 0 Å².